The number of hydrogen-bond donors (Lipinski definition) is 0. The summed E-state index contributed by atoms with van der Waals surface area (Å²) >= 11 is 0. The molecule has 2 aromatic carbocycles. The first-order valence-electron chi connectivity index (χ1n) is 7.92. The third-order valence-electron chi connectivity index (χ3n) is 4.15. The molecular weight excluding hydrogens is 310 g/mol. The van der Waals surface area contributed by atoms with Crippen LogP contribution in [-0.2, 0) is 0 Å². The van der Waals surface area contributed by atoms with Crippen LogP contribution in [0.25, 0.3) is 34.1 Å². The highest BCUT2D eigenvalue weighted by molar-refractivity contribution is 5.84. The van der Waals surface area contributed by atoms with Crippen LogP contribution in [0, 0.1) is 0 Å². The molecule has 0 aliphatic rings. The molecule has 0 aliphatic carbocycles. The van der Waals surface area contributed by atoms with Crippen molar-refractivity contribution < 1.29 is 4.79 Å². The van der Waals surface area contributed by atoms with Gasteiger partial charge in [-0.15, -0.1) is 0 Å². The van der Waals surface area contributed by atoms with Gasteiger partial charge in [-0.1, -0.05) is 67.3 Å². The van der Waals surface area contributed by atoms with Crippen LogP contribution >= 0.6 is 0 Å². The highest BCUT2D eigenvalue weighted by Crippen LogP contribution is 2.31. The number of nitrogens with zero attached hydrogens (tertiary/aromatic N) is 3. The number of aldehydes is 1. The van der Waals surface area contributed by atoms with Crippen LogP contribution in [0.15, 0.2) is 73.6 Å². The molecule has 4 rings (SSSR count). The number of hydrogen-bond acceptors (Lipinski definition) is 3. The third kappa shape index (κ3) is 2.64. The molecule has 0 unspecified atom stereocenters. The summed E-state index contributed by atoms with van der Waals surface area (Å²) in [4.78, 5) is 15.8. The lowest BCUT2D eigenvalue weighted by molar-refractivity contribution is 0.112. The molecule has 0 saturated heterocycles. The fourth-order valence-corrected chi connectivity index (χ4v) is 2.84. The Bertz CT molecular complexity index is 1060. The molecule has 2 heterocycles. The smallest absolute Gasteiger partial charge is 0.162 e. The molecule has 0 atom stereocenters. The van der Waals surface area contributed by atoms with Crippen molar-refractivity contribution in [3.05, 3.63) is 84.7 Å². The highest BCUT2D eigenvalue weighted by atomic mass is 16.1. The van der Waals surface area contributed by atoms with Gasteiger partial charge in [0.05, 0.1) is 11.9 Å². The van der Waals surface area contributed by atoms with Gasteiger partial charge >= 0.3 is 0 Å². The van der Waals surface area contributed by atoms with Gasteiger partial charge in [-0.25, -0.2) is 9.50 Å². The summed E-state index contributed by atoms with van der Waals surface area (Å²) in [5.74, 6) is 0. The van der Waals surface area contributed by atoms with E-state index in [1.54, 1.807) is 28.9 Å². The zero-order valence-electron chi connectivity index (χ0n) is 13.5. The van der Waals surface area contributed by atoms with E-state index in [4.69, 9.17) is 4.98 Å². The second kappa shape index (κ2) is 6.17. The molecule has 0 radical (unpaired) electrons. The van der Waals surface area contributed by atoms with Crippen LogP contribution in [-0.4, -0.2) is 20.9 Å². The molecule has 0 aliphatic heterocycles. The molecule has 4 aromatic rings. The molecule has 4 heteroatoms. The zero-order valence-corrected chi connectivity index (χ0v) is 13.5. The Kier molecular flexibility index (Phi) is 3.71. The summed E-state index contributed by atoms with van der Waals surface area (Å²) in [5, 5.41) is 4.37. The number of carbonyl (C=O) groups excluding carboxylic acids is 1. The number of aromatic nitrogens is 3. The largest absolute Gasteiger partial charge is 0.298 e. The maximum absolute atomic E-state index is 10.9. The van der Waals surface area contributed by atoms with Gasteiger partial charge in [0.2, 0.25) is 0 Å². The van der Waals surface area contributed by atoms with E-state index in [9.17, 15) is 4.79 Å². The van der Waals surface area contributed by atoms with Crippen molar-refractivity contribution >= 4 is 18.0 Å². The minimum Gasteiger partial charge on any atom is -0.298 e. The van der Waals surface area contributed by atoms with Crippen LogP contribution in [0.1, 0.15) is 15.9 Å². The zero-order chi connectivity index (χ0) is 17.2. The minimum atomic E-state index is 0.641. The molecular formula is C21H15N3O. The molecule has 25 heavy (non-hydrogen) atoms. The fourth-order valence-electron chi connectivity index (χ4n) is 2.84. The van der Waals surface area contributed by atoms with Crippen molar-refractivity contribution in [1.29, 1.82) is 0 Å². The van der Waals surface area contributed by atoms with Gasteiger partial charge in [-0.2, -0.15) is 5.10 Å². The number of benzene rings is 2. The van der Waals surface area contributed by atoms with E-state index in [-0.39, 0.29) is 0 Å². The molecule has 0 fully saturated rings. The van der Waals surface area contributed by atoms with E-state index >= 15 is 0 Å². The fraction of sp³-hybridized carbons (Fsp3) is 0. The lowest BCUT2D eigenvalue weighted by Gasteiger charge is -2.11. The summed E-state index contributed by atoms with van der Waals surface area (Å²) in [6, 6.07) is 17.5. The number of rotatable bonds is 4. The van der Waals surface area contributed by atoms with Gasteiger partial charge in [0.15, 0.2) is 5.65 Å². The van der Waals surface area contributed by atoms with Crippen LogP contribution in [0.2, 0.25) is 0 Å². The normalized spacial score (nSPS) is 10.7. The van der Waals surface area contributed by atoms with Gasteiger partial charge in [0, 0.05) is 28.5 Å². The van der Waals surface area contributed by atoms with E-state index < -0.39 is 0 Å². The van der Waals surface area contributed by atoms with Gasteiger partial charge in [-0.05, 0) is 5.56 Å². The monoisotopic (exact) mass is 325 g/mol. The Morgan fingerprint density at radius 3 is 2.40 bits per heavy atom. The molecule has 0 amide bonds. The van der Waals surface area contributed by atoms with E-state index in [1.165, 1.54) is 0 Å². The Morgan fingerprint density at radius 2 is 1.72 bits per heavy atom. The van der Waals surface area contributed by atoms with Crippen LogP contribution in [0.5, 0.6) is 0 Å². The summed E-state index contributed by atoms with van der Waals surface area (Å²) in [6.45, 7) is 3.83. The minimum absolute atomic E-state index is 0.641. The summed E-state index contributed by atoms with van der Waals surface area (Å²) in [5.41, 5.74) is 6.10. The topological polar surface area (TPSA) is 47.3 Å². The third-order valence-corrected chi connectivity index (χ3v) is 4.15. The van der Waals surface area contributed by atoms with Crippen LogP contribution in [0.3, 0.4) is 0 Å². The van der Waals surface area contributed by atoms with Crippen LogP contribution in [0.4, 0.5) is 0 Å². The first-order chi connectivity index (χ1) is 12.3. The maximum Gasteiger partial charge on any atom is 0.162 e. The van der Waals surface area contributed by atoms with Crippen molar-refractivity contribution in [1.82, 2.24) is 14.6 Å². The number of carbonyl (C=O) groups is 1. The number of fused-ring (bicyclic) bond motifs is 1. The lowest BCUT2D eigenvalue weighted by atomic mass is 10.00. The predicted molar refractivity (Wildman–Crippen MR) is 99.3 cm³/mol. The van der Waals surface area contributed by atoms with Crippen molar-refractivity contribution in [2.45, 2.75) is 0 Å². The van der Waals surface area contributed by atoms with E-state index in [0.29, 0.717) is 5.56 Å². The Morgan fingerprint density at radius 1 is 0.960 bits per heavy atom. The van der Waals surface area contributed by atoms with E-state index in [2.05, 4.69) is 11.7 Å². The van der Waals surface area contributed by atoms with Crippen LogP contribution < -0.4 is 0 Å². The Balaban J connectivity index is 2.01. The first-order valence-corrected chi connectivity index (χ1v) is 7.92. The second-order valence-electron chi connectivity index (χ2n) is 5.68. The van der Waals surface area contributed by atoms with E-state index in [0.717, 1.165) is 39.9 Å². The highest BCUT2D eigenvalue weighted by Gasteiger charge is 2.13. The van der Waals surface area contributed by atoms with Crippen molar-refractivity contribution in [2.75, 3.05) is 0 Å². The molecule has 0 N–H and O–H groups in total. The lowest BCUT2D eigenvalue weighted by Crippen LogP contribution is -1.97. The first kappa shape index (κ1) is 15.0. The Labute approximate surface area is 145 Å². The average molecular weight is 325 g/mol. The van der Waals surface area contributed by atoms with Gasteiger partial charge in [-0.3, -0.25) is 4.79 Å². The van der Waals surface area contributed by atoms with Gasteiger partial charge in [0.1, 0.15) is 6.29 Å². The quantitative estimate of drug-likeness (QED) is 0.518. The SMILES string of the molecule is C=Cc1cnn2cc(-c3ccccc3)c(-c3ccc(C=O)cc3)nc12. The second-order valence-corrected chi connectivity index (χ2v) is 5.68. The van der Waals surface area contributed by atoms with Crippen molar-refractivity contribution in [3.8, 4) is 22.4 Å². The molecule has 4 nitrogen and oxygen atoms in total. The molecule has 0 saturated carbocycles. The summed E-state index contributed by atoms with van der Waals surface area (Å²) in [6.07, 6.45) is 6.32. The standard InChI is InChI=1S/C21H15N3O/c1-2-16-12-22-24-13-19(17-6-4-3-5-7-17)20(23-21(16)24)18-10-8-15(14-25)9-11-18/h2-14H,1H2. The maximum atomic E-state index is 10.9. The van der Waals surface area contributed by atoms with E-state index in [1.807, 2.05) is 48.7 Å². The molecule has 0 spiro atoms. The van der Waals surface area contributed by atoms with Crippen molar-refractivity contribution in [2.24, 2.45) is 0 Å². The summed E-state index contributed by atoms with van der Waals surface area (Å²) < 4.78 is 1.77. The Hall–Kier alpha value is -3.53. The summed E-state index contributed by atoms with van der Waals surface area (Å²) in [7, 11) is 0. The van der Waals surface area contributed by atoms with Gasteiger partial charge < -0.3 is 0 Å². The van der Waals surface area contributed by atoms with Gasteiger partial charge in [0.25, 0.3) is 0 Å². The molecule has 120 valence electrons. The molecule has 2 aromatic heterocycles. The predicted octanol–water partition coefficient (Wildman–Crippen LogP) is 4.52. The van der Waals surface area contributed by atoms with Crippen molar-refractivity contribution in [3.63, 3.8) is 0 Å². The molecule has 0 bridgehead atoms. The average Bonchev–Trinajstić information content (AvgIpc) is 3.10.